The van der Waals surface area contributed by atoms with Gasteiger partial charge in [0.05, 0.1) is 5.75 Å². The van der Waals surface area contributed by atoms with Gasteiger partial charge in [-0.15, -0.1) is 0 Å². The number of nitrogens with zero attached hydrogens (tertiary/aromatic N) is 1. The zero-order chi connectivity index (χ0) is 14.6. The van der Waals surface area contributed by atoms with Gasteiger partial charge in [0.25, 0.3) is 0 Å². The van der Waals surface area contributed by atoms with Crippen molar-refractivity contribution in [3.63, 3.8) is 0 Å². The van der Waals surface area contributed by atoms with Crippen LogP contribution in [-0.4, -0.2) is 43.4 Å². The molecule has 0 aliphatic rings. The van der Waals surface area contributed by atoms with E-state index in [4.69, 9.17) is 15.4 Å². The lowest BCUT2D eigenvalue weighted by molar-refractivity contribution is 0.0187. The molecule has 18 heavy (non-hydrogen) atoms. The summed E-state index contributed by atoms with van der Waals surface area (Å²) in [6, 6.07) is -0.0988. The first-order chi connectivity index (χ1) is 7.96. The van der Waals surface area contributed by atoms with E-state index < -0.39 is 20.7 Å². The Kier molecular flexibility index (Phi) is 6.43. The molecule has 0 radical (unpaired) electrons. The van der Waals surface area contributed by atoms with Crippen molar-refractivity contribution in [2.45, 2.75) is 52.7 Å². The van der Waals surface area contributed by atoms with Crippen LogP contribution in [0.25, 0.3) is 0 Å². The molecule has 0 aliphatic heterocycles. The fourth-order valence-electron chi connectivity index (χ4n) is 1.24. The number of hydrogen-bond donors (Lipinski definition) is 0. The van der Waals surface area contributed by atoms with Crippen molar-refractivity contribution < 1.29 is 17.9 Å². The number of hydrogen-bond acceptors (Lipinski definition) is 4. The minimum Gasteiger partial charge on any atom is -0.444 e. The molecule has 0 saturated heterocycles. The van der Waals surface area contributed by atoms with E-state index in [0.29, 0.717) is 6.42 Å². The van der Waals surface area contributed by atoms with Crippen LogP contribution in [0.4, 0.5) is 4.79 Å². The smallest absolute Gasteiger partial charge is 0.410 e. The number of carbonyl (C=O) groups excluding carboxylic acids is 1. The molecule has 108 valence electrons. The molecule has 1 unspecified atom stereocenters. The molecule has 0 aromatic heterocycles. The Morgan fingerprint density at radius 1 is 1.39 bits per heavy atom. The average molecular weight is 300 g/mol. The Bertz CT molecular complexity index is 375. The maximum Gasteiger partial charge on any atom is 0.410 e. The molecule has 0 aromatic rings. The fraction of sp³-hybridized carbons (Fsp3) is 0.909. The van der Waals surface area contributed by atoms with Crippen LogP contribution < -0.4 is 0 Å². The van der Waals surface area contributed by atoms with Crippen molar-refractivity contribution in [2.75, 3.05) is 12.3 Å². The molecule has 0 aliphatic carbocycles. The van der Waals surface area contributed by atoms with Gasteiger partial charge in [-0.25, -0.2) is 13.2 Å². The fourth-order valence-corrected chi connectivity index (χ4v) is 1.86. The maximum atomic E-state index is 11.9. The van der Waals surface area contributed by atoms with E-state index in [-0.39, 0.29) is 18.3 Å². The second-order valence-corrected chi connectivity index (χ2v) is 8.07. The summed E-state index contributed by atoms with van der Waals surface area (Å²) in [5.41, 5.74) is -0.608. The third kappa shape index (κ3) is 7.76. The van der Waals surface area contributed by atoms with Crippen LogP contribution in [-0.2, 0) is 13.8 Å². The zero-order valence-corrected chi connectivity index (χ0v) is 13.1. The minimum atomic E-state index is -3.62. The molecule has 0 aromatic carbocycles. The molecule has 0 rings (SSSR count). The van der Waals surface area contributed by atoms with Gasteiger partial charge in [0.15, 0.2) is 0 Å². The van der Waals surface area contributed by atoms with E-state index in [9.17, 15) is 13.2 Å². The normalized spacial score (nSPS) is 14.1. The molecule has 0 spiro atoms. The van der Waals surface area contributed by atoms with Crippen LogP contribution in [0.3, 0.4) is 0 Å². The second kappa shape index (κ2) is 6.61. The summed E-state index contributed by atoms with van der Waals surface area (Å²) in [5, 5.41) is 0. The van der Waals surface area contributed by atoms with Gasteiger partial charge in [0.2, 0.25) is 9.05 Å². The topological polar surface area (TPSA) is 63.7 Å². The Morgan fingerprint density at radius 2 is 1.89 bits per heavy atom. The van der Waals surface area contributed by atoms with E-state index >= 15 is 0 Å². The summed E-state index contributed by atoms with van der Waals surface area (Å²) in [7, 11) is 1.54. The average Bonchev–Trinajstić information content (AvgIpc) is 2.12. The summed E-state index contributed by atoms with van der Waals surface area (Å²) in [6.07, 6.45) is 0.193. The highest BCUT2D eigenvalue weighted by atomic mass is 35.7. The molecule has 0 N–H and O–H groups in total. The minimum absolute atomic E-state index is 0.0375. The molecule has 1 amide bonds. The highest BCUT2D eigenvalue weighted by Crippen LogP contribution is 2.14. The summed E-state index contributed by atoms with van der Waals surface area (Å²) in [6.45, 7) is 9.08. The van der Waals surface area contributed by atoms with Crippen molar-refractivity contribution in [1.82, 2.24) is 4.90 Å². The van der Waals surface area contributed by atoms with Gasteiger partial charge in [0.1, 0.15) is 5.60 Å². The Morgan fingerprint density at radius 3 is 2.22 bits per heavy atom. The molecule has 7 heteroatoms. The van der Waals surface area contributed by atoms with Gasteiger partial charge in [-0.3, -0.25) is 0 Å². The Hall–Kier alpha value is -0.490. The molecule has 0 fully saturated rings. The van der Waals surface area contributed by atoms with Gasteiger partial charge >= 0.3 is 6.09 Å². The van der Waals surface area contributed by atoms with E-state index in [1.165, 1.54) is 4.90 Å². The highest BCUT2D eigenvalue weighted by Gasteiger charge is 2.26. The van der Waals surface area contributed by atoms with E-state index in [1.807, 2.05) is 13.8 Å². The van der Waals surface area contributed by atoms with Crippen LogP contribution in [0.1, 0.15) is 41.0 Å². The van der Waals surface area contributed by atoms with Crippen molar-refractivity contribution in [1.29, 1.82) is 0 Å². The lowest BCUT2D eigenvalue weighted by Crippen LogP contribution is -2.43. The molecule has 1 atom stereocenters. The van der Waals surface area contributed by atoms with Crippen molar-refractivity contribution >= 4 is 25.8 Å². The standard InChI is InChI=1S/C11H22ClNO4S/c1-6-9(2)13(7-8-18(12,15)16)10(14)17-11(3,4)5/h9H,6-8H2,1-5H3. The summed E-state index contributed by atoms with van der Waals surface area (Å²) < 4.78 is 27.1. The highest BCUT2D eigenvalue weighted by molar-refractivity contribution is 8.13. The van der Waals surface area contributed by atoms with Crippen LogP contribution in [0.15, 0.2) is 0 Å². The van der Waals surface area contributed by atoms with E-state index in [2.05, 4.69) is 0 Å². The lowest BCUT2D eigenvalue weighted by Gasteiger charge is -2.31. The second-order valence-electron chi connectivity index (χ2n) is 5.17. The van der Waals surface area contributed by atoms with Gasteiger partial charge in [0, 0.05) is 23.3 Å². The van der Waals surface area contributed by atoms with Crippen molar-refractivity contribution in [3.8, 4) is 0 Å². The molecular formula is C11H22ClNO4S. The largest absolute Gasteiger partial charge is 0.444 e. The predicted octanol–water partition coefficient (Wildman–Crippen LogP) is 2.59. The SMILES string of the molecule is CCC(C)N(CCS(=O)(=O)Cl)C(=O)OC(C)(C)C. The molecule has 0 heterocycles. The number of rotatable bonds is 5. The molecule has 0 saturated carbocycles. The Labute approximate surface area is 114 Å². The summed E-state index contributed by atoms with van der Waals surface area (Å²) in [5.74, 6) is -0.280. The molecule has 5 nitrogen and oxygen atoms in total. The number of amides is 1. The first-order valence-electron chi connectivity index (χ1n) is 5.88. The van der Waals surface area contributed by atoms with Crippen molar-refractivity contribution in [3.05, 3.63) is 0 Å². The first kappa shape index (κ1) is 17.5. The van der Waals surface area contributed by atoms with Crippen LogP contribution in [0.5, 0.6) is 0 Å². The molecule has 0 bridgehead atoms. The van der Waals surface area contributed by atoms with Gasteiger partial charge < -0.3 is 9.64 Å². The van der Waals surface area contributed by atoms with Crippen LogP contribution >= 0.6 is 10.7 Å². The summed E-state index contributed by atoms with van der Waals surface area (Å²) in [4.78, 5) is 13.3. The predicted molar refractivity (Wildman–Crippen MR) is 72.3 cm³/mol. The third-order valence-electron chi connectivity index (χ3n) is 2.33. The van der Waals surface area contributed by atoms with Crippen LogP contribution in [0.2, 0.25) is 0 Å². The van der Waals surface area contributed by atoms with Gasteiger partial charge in [-0.05, 0) is 34.1 Å². The lowest BCUT2D eigenvalue weighted by atomic mass is 10.2. The van der Waals surface area contributed by atoms with E-state index in [0.717, 1.165) is 0 Å². The van der Waals surface area contributed by atoms with Gasteiger partial charge in [-0.2, -0.15) is 0 Å². The number of carbonyl (C=O) groups is 1. The Balaban J connectivity index is 4.74. The maximum absolute atomic E-state index is 11.9. The number of halogens is 1. The number of ether oxygens (including phenoxy) is 1. The van der Waals surface area contributed by atoms with E-state index in [1.54, 1.807) is 20.8 Å². The monoisotopic (exact) mass is 299 g/mol. The summed E-state index contributed by atoms with van der Waals surface area (Å²) >= 11 is 0. The van der Waals surface area contributed by atoms with Crippen molar-refractivity contribution in [2.24, 2.45) is 0 Å². The third-order valence-corrected chi connectivity index (χ3v) is 3.46. The van der Waals surface area contributed by atoms with Gasteiger partial charge in [-0.1, -0.05) is 6.92 Å². The zero-order valence-electron chi connectivity index (χ0n) is 11.6. The first-order valence-corrected chi connectivity index (χ1v) is 8.36. The quantitative estimate of drug-likeness (QED) is 0.732. The molecular weight excluding hydrogens is 278 g/mol. The van der Waals surface area contributed by atoms with Crippen LogP contribution in [0, 0.1) is 0 Å².